The van der Waals surface area contributed by atoms with Crippen molar-refractivity contribution in [2.24, 2.45) is 10.9 Å². The Balaban J connectivity index is 1.49. The zero-order valence-electron chi connectivity index (χ0n) is 14.7. The topological polar surface area (TPSA) is 91.0 Å². The Labute approximate surface area is 149 Å². The van der Waals surface area contributed by atoms with Gasteiger partial charge < -0.3 is 14.7 Å². The summed E-state index contributed by atoms with van der Waals surface area (Å²) in [6.07, 6.45) is 6.62. The van der Waals surface area contributed by atoms with Crippen LogP contribution in [0.4, 0.5) is 0 Å². The van der Waals surface area contributed by atoms with Gasteiger partial charge >= 0.3 is 0 Å². The Morgan fingerprint density at radius 1 is 1.32 bits per heavy atom. The van der Waals surface area contributed by atoms with Crippen molar-refractivity contribution < 1.29 is 12.9 Å². The SMILES string of the molecule is CN=C(NCC1CCCC1)N1CCN(S(=O)(=O)Cc2ccon2)CC1. The number of guanidine groups is 1. The summed E-state index contributed by atoms with van der Waals surface area (Å²) in [5.41, 5.74) is 0.441. The summed E-state index contributed by atoms with van der Waals surface area (Å²) in [4.78, 5) is 6.50. The van der Waals surface area contributed by atoms with Gasteiger partial charge in [0.2, 0.25) is 10.0 Å². The molecule has 140 valence electrons. The predicted molar refractivity (Wildman–Crippen MR) is 95.6 cm³/mol. The van der Waals surface area contributed by atoms with Crippen LogP contribution in [0.15, 0.2) is 21.8 Å². The maximum Gasteiger partial charge on any atom is 0.220 e. The van der Waals surface area contributed by atoms with Gasteiger partial charge in [-0.15, -0.1) is 0 Å². The van der Waals surface area contributed by atoms with Crippen LogP contribution < -0.4 is 5.32 Å². The molecule has 0 amide bonds. The van der Waals surface area contributed by atoms with Gasteiger partial charge in [-0.1, -0.05) is 18.0 Å². The first-order valence-electron chi connectivity index (χ1n) is 8.91. The standard InChI is InChI=1S/C16H27N5O3S/c1-17-16(18-12-14-4-2-3-5-14)20-7-9-21(10-8-20)25(22,23)13-15-6-11-24-19-15/h6,11,14H,2-5,7-10,12-13H2,1H3,(H,17,18). The second-order valence-corrected chi connectivity index (χ2v) is 8.68. The molecule has 3 rings (SSSR count). The molecule has 2 heterocycles. The van der Waals surface area contributed by atoms with Gasteiger partial charge in [-0.3, -0.25) is 4.99 Å². The van der Waals surface area contributed by atoms with Crippen LogP contribution in [0.3, 0.4) is 0 Å². The highest BCUT2D eigenvalue weighted by atomic mass is 32.2. The van der Waals surface area contributed by atoms with Crippen molar-refractivity contribution in [2.45, 2.75) is 31.4 Å². The molecule has 0 radical (unpaired) electrons. The number of sulfonamides is 1. The lowest BCUT2D eigenvalue weighted by molar-refractivity contribution is 0.259. The van der Waals surface area contributed by atoms with Gasteiger partial charge in [0.1, 0.15) is 12.0 Å². The maximum atomic E-state index is 12.5. The van der Waals surface area contributed by atoms with Gasteiger partial charge in [0.25, 0.3) is 0 Å². The van der Waals surface area contributed by atoms with Crippen LogP contribution in [0, 0.1) is 5.92 Å². The molecule has 0 aromatic carbocycles. The fraction of sp³-hybridized carbons (Fsp3) is 0.750. The molecule has 0 bridgehead atoms. The average Bonchev–Trinajstić information content (AvgIpc) is 3.29. The van der Waals surface area contributed by atoms with Crippen molar-refractivity contribution in [1.82, 2.24) is 19.7 Å². The van der Waals surface area contributed by atoms with E-state index in [2.05, 4.69) is 20.4 Å². The van der Waals surface area contributed by atoms with Gasteiger partial charge in [0, 0.05) is 45.8 Å². The fourth-order valence-electron chi connectivity index (χ4n) is 3.55. The maximum absolute atomic E-state index is 12.5. The minimum atomic E-state index is -3.36. The lowest BCUT2D eigenvalue weighted by Gasteiger charge is -2.36. The highest BCUT2D eigenvalue weighted by Crippen LogP contribution is 2.23. The van der Waals surface area contributed by atoms with Crippen LogP contribution in [0.25, 0.3) is 0 Å². The number of aliphatic imine (C=N–C) groups is 1. The number of nitrogens with zero attached hydrogens (tertiary/aromatic N) is 4. The summed E-state index contributed by atoms with van der Waals surface area (Å²) in [7, 11) is -1.58. The lowest BCUT2D eigenvalue weighted by atomic mass is 10.1. The first-order valence-corrected chi connectivity index (χ1v) is 10.5. The van der Waals surface area contributed by atoms with E-state index in [1.807, 2.05) is 0 Å². The third kappa shape index (κ3) is 4.72. The van der Waals surface area contributed by atoms with Gasteiger partial charge in [-0.2, -0.15) is 4.31 Å². The van der Waals surface area contributed by atoms with E-state index in [9.17, 15) is 8.42 Å². The van der Waals surface area contributed by atoms with Crippen molar-refractivity contribution in [1.29, 1.82) is 0 Å². The largest absolute Gasteiger partial charge is 0.364 e. The van der Waals surface area contributed by atoms with Gasteiger partial charge in [-0.25, -0.2) is 8.42 Å². The molecule has 1 saturated carbocycles. The third-order valence-corrected chi connectivity index (χ3v) is 6.80. The highest BCUT2D eigenvalue weighted by Gasteiger charge is 2.29. The van der Waals surface area contributed by atoms with Crippen LogP contribution in [0.1, 0.15) is 31.4 Å². The van der Waals surface area contributed by atoms with Gasteiger partial charge in [-0.05, 0) is 18.8 Å². The van der Waals surface area contributed by atoms with E-state index >= 15 is 0 Å². The monoisotopic (exact) mass is 369 g/mol. The van der Waals surface area contributed by atoms with Crippen LogP contribution in [-0.2, 0) is 15.8 Å². The summed E-state index contributed by atoms with van der Waals surface area (Å²) in [6.45, 7) is 3.16. The first kappa shape index (κ1) is 18.2. The molecule has 2 aliphatic rings. The van der Waals surface area contributed by atoms with Crippen LogP contribution in [-0.4, -0.2) is 68.5 Å². The molecule has 0 unspecified atom stereocenters. The summed E-state index contributed by atoms with van der Waals surface area (Å²) >= 11 is 0. The molecule has 1 N–H and O–H groups in total. The zero-order chi connectivity index (χ0) is 17.7. The second kappa shape index (κ2) is 8.18. The summed E-state index contributed by atoms with van der Waals surface area (Å²) in [6, 6.07) is 1.59. The molecule has 8 nitrogen and oxygen atoms in total. The minimum Gasteiger partial charge on any atom is -0.364 e. The number of hydrogen-bond acceptors (Lipinski definition) is 5. The van der Waals surface area contributed by atoms with Crippen LogP contribution >= 0.6 is 0 Å². The molecule has 0 atom stereocenters. The van der Waals surface area contributed by atoms with E-state index < -0.39 is 10.0 Å². The summed E-state index contributed by atoms with van der Waals surface area (Å²) < 4.78 is 31.2. The van der Waals surface area contributed by atoms with Crippen molar-refractivity contribution in [3.63, 3.8) is 0 Å². The van der Waals surface area contributed by atoms with Crippen molar-refractivity contribution in [3.05, 3.63) is 18.0 Å². The Morgan fingerprint density at radius 3 is 2.64 bits per heavy atom. The molecule has 1 aromatic heterocycles. The Bertz CT molecular complexity index is 660. The van der Waals surface area contributed by atoms with Crippen molar-refractivity contribution >= 4 is 16.0 Å². The third-order valence-electron chi connectivity index (χ3n) is 4.99. The Morgan fingerprint density at radius 2 is 2.04 bits per heavy atom. The second-order valence-electron chi connectivity index (χ2n) is 6.71. The number of rotatable bonds is 5. The number of nitrogens with one attached hydrogen (secondary N) is 1. The minimum absolute atomic E-state index is 0.113. The van der Waals surface area contributed by atoms with Gasteiger partial charge in [0.05, 0.1) is 5.69 Å². The molecule has 1 aliphatic carbocycles. The number of piperazine rings is 1. The Kier molecular flexibility index (Phi) is 5.95. The van der Waals surface area contributed by atoms with E-state index in [0.717, 1.165) is 18.4 Å². The van der Waals surface area contributed by atoms with Crippen molar-refractivity contribution in [3.8, 4) is 0 Å². The van der Waals surface area contributed by atoms with Gasteiger partial charge in [0.15, 0.2) is 5.96 Å². The molecule has 1 aromatic rings. The zero-order valence-corrected chi connectivity index (χ0v) is 15.5. The quantitative estimate of drug-likeness (QED) is 0.612. The molecule has 9 heteroatoms. The fourth-order valence-corrected chi connectivity index (χ4v) is 4.98. The summed E-state index contributed by atoms with van der Waals surface area (Å²) in [5.74, 6) is 1.50. The lowest BCUT2D eigenvalue weighted by Crippen LogP contribution is -2.54. The van der Waals surface area contributed by atoms with E-state index in [0.29, 0.717) is 31.9 Å². The molecule has 1 aliphatic heterocycles. The molecule has 1 saturated heterocycles. The highest BCUT2D eigenvalue weighted by molar-refractivity contribution is 7.88. The summed E-state index contributed by atoms with van der Waals surface area (Å²) in [5, 5.41) is 7.15. The molecule has 0 spiro atoms. The molecule has 2 fully saturated rings. The van der Waals surface area contributed by atoms with E-state index in [1.54, 1.807) is 13.1 Å². The predicted octanol–water partition coefficient (Wildman–Crippen LogP) is 0.888. The normalized spacial score (nSPS) is 21.0. The molecular weight excluding hydrogens is 342 g/mol. The number of aromatic nitrogens is 1. The smallest absolute Gasteiger partial charge is 0.220 e. The first-order chi connectivity index (χ1) is 12.1. The molecular formula is C16H27N5O3S. The molecule has 25 heavy (non-hydrogen) atoms. The average molecular weight is 369 g/mol. The van der Waals surface area contributed by atoms with Crippen LogP contribution in [0.5, 0.6) is 0 Å². The Hall–Kier alpha value is -1.61. The number of hydrogen-bond donors (Lipinski definition) is 1. The van der Waals surface area contributed by atoms with E-state index in [4.69, 9.17) is 4.52 Å². The van der Waals surface area contributed by atoms with Crippen LogP contribution in [0.2, 0.25) is 0 Å². The van der Waals surface area contributed by atoms with Crippen molar-refractivity contribution in [2.75, 3.05) is 39.8 Å². The van der Waals surface area contributed by atoms with E-state index in [1.165, 1.54) is 36.3 Å². The van der Waals surface area contributed by atoms with E-state index in [-0.39, 0.29) is 5.75 Å².